The van der Waals surface area contributed by atoms with Gasteiger partial charge in [0.2, 0.25) is 0 Å². The van der Waals surface area contributed by atoms with Gasteiger partial charge in [-0.2, -0.15) is 0 Å². The van der Waals surface area contributed by atoms with E-state index < -0.39 is 42.3 Å². The van der Waals surface area contributed by atoms with Gasteiger partial charge in [-0.25, -0.2) is 4.79 Å². The highest BCUT2D eigenvalue weighted by Gasteiger charge is 2.27. The molecule has 0 saturated carbocycles. The van der Waals surface area contributed by atoms with E-state index in [2.05, 4.69) is 0 Å². The maximum Gasteiger partial charge on any atom is 0.331 e. The summed E-state index contributed by atoms with van der Waals surface area (Å²) in [6.07, 6.45) is 2.13. The quantitative estimate of drug-likeness (QED) is 0.358. The van der Waals surface area contributed by atoms with Crippen LogP contribution in [0.15, 0.2) is 24.3 Å². The first kappa shape index (κ1) is 18.9. The summed E-state index contributed by atoms with van der Waals surface area (Å²) in [6.45, 7) is 4.48. The fraction of sp³-hybridized carbons (Fsp3) is 0.562. The zero-order chi connectivity index (χ0) is 17.4. The van der Waals surface area contributed by atoms with Crippen LogP contribution in [0.1, 0.15) is 33.6 Å². The average molecular weight is 326 g/mol. The number of allylic oxidation sites excluding steroid dienone is 1. The average Bonchev–Trinajstić information content (AvgIpc) is 2.46. The number of carbonyl (C=O) groups excluding carboxylic acids is 3. The number of aliphatic hydroxyl groups excluding tert-OH is 1. The molecular weight excluding hydrogens is 304 g/mol. The van der Waals surface area contributed by atoms with Gasteiger partial charge in [0.1, 0.15) is 18.3 Å². The summed E-state index contributed by atoms with van der Waals surface area (Å²) in [5.41, 5.74) is 0. The fourth-order valence-corrected chi connectivity index (χ4v) is 2.05. The summed E-state index contributed by atoms with van der Waals surface area (Å²) < 4.78 is 15.4. The van der Waals surface area contributed by atoms with Crippen LogP contribution in [0.5, 0.6) is 0 Å². The van der Waals surface area contributed by atoms with Crippen LogP contribution < -0.4 is 0 Å². The minimum Gasteiger partial charge on any atom is -0.459 e. The Hall–Kier alpha value is -2.15. The first-order valence-electron chi connectivity index (χ1n) is 7.40. The number of cyclic esters (lactones) is 1. The van der Waals surface area contributed by atoms with Crippen LogP contribution in [0.25, 0.3) is 0 Å². The van der Waals surface area contributed by atoms with Crippen LogP contribution in [0, 0.1) is 0 Å². The third-order valence-corrected chi connectivity index (χ3v) is 3.16. The second-order valence-electron chi connectivity index (χ2n) is 5.16. The molecule has 0 aliphatic carbocycles. The van der Waals surface area contributed by atoms with Crippen LogP contribution in [0.2, 0.25) is 0 Å². The van der Waals surface area contributed by atoms with Crippen LogP contribution in [0.3, 0.4) is 0 Å². The van der Waals surface area contributed by atoms with Gasteiger partial charge in [-0.1, -0.05) is 12.2 Å². The first-order valence-corrected chi connectivity index (χ1v) is 7.40. The van der Waals surface area contributed by atoms with E-state index in [-0.39, 0.29) is 12.8 Å². The molecular formula is C16H22O7. The van der Waals surface area contributed by atoms with Gasteiger partial charge in [-0.15, -0.1) is 0 Å². The summed E-state index contributed by atoms with van der Waals surface area (Å²) in [5, 5.41) is 10.1. The maximum atomic E-state index is 11.8. The highest BCUT2D eigenvalue weighted by molar-refractivity contribution is 5.82. The Labute approximate surface area is 134 Å². The lowest BCUT2D eigenvalue weighted by Gasteiger charge is -2.25. The number of esters is 3. The second-order valence-corrected chi connectivity index (χ2v) is 5.16. The molecule has 0 radical (unpaired) electrons. The van der Waals surface area contributed by atoms with Crippen molar-refractivity contribution in [1.82, 2.24) is 0 Å². The highest BCUT2D eigenvalue weighted by Crippen LogP contribution is 2.16. The first-order chi connectivity index (χ1) is 10.8. The van der Waals surface area contributed by atoms with E-state index in [0.29, 0.717) is 0 Å². The predicted octanol–water partition coefficient (Wildman–Crippen LogP) is 1.05. The predicted molar refractivity (Wildman–Crippen MR) is 80.2 cm³/mol. The summed E-state index contributed by atoms with van der Waals surface area (Å²) in [6, 6.07) is 0. The molecule has 1 rings (SSSR count). The van der Waals surface area contributed by atoms with E-state index in [1.165, 1.54) is 31.2 Å². The lowest BCUT2D eigenvalue weighted by atomic mass is 10.0. The highest BCUT2D eigenvalue weighted by atomic mass is 16.6. The Morgan fingerprint density at radius 1 is 1.35 bits per heavy atom. The molecule has 0 amide bonds. The normalized spacial score (nSPS) is 30.3. The van der Waals surface area contributed by atoms with Gasteiger partial charge in [0.05, 0.1) is 0 Å². The number of ether oxygens (including phenoxy) is 3. The molecule has 0 spiro atoms. The van der Waals surface area contributed by atoms with Gasteiger partial charge in [0.25, 0.3) is 0 Å². The Balaban J connectivity index is 2.93. The minimum absolute atomic E-state index is 0.0251. The molecule has 0 fully saturated rings. The molecule has 0 saturated heterocycles. The van der Waals surface area contributed by atoms with Crippen molar-refractivity contribution in [2.75, 3.05) is 0 Å². The number of hydrogen-bond donors (Lipinski definition) is 1. The van der Waals surface area contributed by atoms with Gasteiger partial charge < -0.3 is 19.3 Å². The number of rotatable bonds is 3. The van der Waals surface area contributed by atoms with Crippen LogP contribution in [-0.4, -0.2) is 47.4 Å². The molecule has 1 aliphatic rings. The molecule has 4 atom stereocenters. The van der Waals surface area contributed by atoms with Crippen molar-refractivity contribution < 1.29 is 33.7 Å². The maximum absolute atomic E-state index is 11.8. The lowest BCUT2D eigenvalue weighted by molar-refractivity contribution is -0.163. The van der Waals surface area contributed by atoms with Crippen molar-refractivity contribution in [2.24, 2.45) is 0 Å². The van der Waals surface area contributed by atoms with Gasteiger partial charge in [0, 0.05) is 19.4 Å². The molecule has 23 heavy (non-hydrogen) atoms. The molecule has 128 valence electrons. The van der Waals surface area contributed by atoms with Crippen molar-refractivity contribution in [3.63, 3.8) is 0 Å². The summed E-state index contributed by atoms with van der Waals surface area (Å²) in [4.78, 5) is 34.4. The Kier molecular flexibility index (Phi) is 7.47. The summed E-state index contributed by atoms with van der Waals surface area (Å²) in [7, 11) is 0. The Bertz CT molecular complexity index is 495. The van der Waals surface area contributed by atoms with E-state index in [9.17, 15) is 19.5 Å². The fourth-order valence-electron chi connectivity index (χ4n) is 2.05. The molecule has 1 aliphatic heterocycles. The van der Waals surface area contributed by atoms with Crippen molar-refractivity contribution in [3.8, 4) is 0 Å². The van der Waals surface area contributed by atoms with Crippen molar-refractivity contribution in [3.05, 3.63) is 24.3 Å². The largest absolute Gasteiger partial charge is 0.459 e. The van der Waals surface area contributed by atoms with E-state index >= 15 is 0 Å². The van der Waals surface area contributed by atoms with Gasteiger partial charge in [-0.3, -0.25) is 9.59 Å². The molecule has 0 bridgehead atoms. The topological polar surface area (TPSA) is 99.1 Å². The van der Waals surface area contributed by atoms with Gasteiger partial charge in [0.15, 0.2) is 6.10 Å². The van der Waals surface area contributed by atoms with Crippen molar-refractivity contribution in [1.29, 1.82) is 0 Å². The standard InChI is InChI=1S/C16H22O7/c1-4-5-15(19)23-13-7-6-12(18)14(22-11(3)17)8-9-16(20)21-10(13)2/h4-7,10,12-14,18H,8-9H2,1-3H3/b5-4+,7-6+/t10-,12+,13-,14+/m1/s1. The molecule has 7 heteroatoms. The molecule has 0 unspecified atom stereocenters. The molecule has 0 aromatic rings. The monoisotopic (exact) mass is 326 g/mol. The smallest absolute Gasteiger partial charge is 0.331 e. The van der Waals surface area contributed by atoms with Crippen LogP contribution >= 0.6 is 0 Å². The molecule has 0 aromatic carbocycles. The minimum atomic E-state index is -1.11. The zero-order valence-corrected chi connectivity index (χ0v) is 13.4. The third-order valence-electron chi connectivity index (χ3n) is 3.16. The second kappa shape index (κ2) is 9.09. The van der Waals surface area contributed by atoms with Gasteiger partial charge >= 0.3 is 17.9 Å². The van der Waals surface area contributed by atoms with Crippen molar-refractivity contribution >= 4 is 17.9 Å². The third kappa shape index (κ3) is 6.65. The Morgan fingerprint density at radius 3 is 2.65 bits per heavy atom. The summed E-state index contributed by atoms with van der Waals surface area (Å²) >= 11 is 0. The molecule has 0 aromatic heterocycles. The number of carbonyl (C=O) groups is 3. The lowest BCUT2D eigenvalue weighted by Crippen LogP contribution is -2.35. The summed E-state index contributed by atoms with van der Waals surface area (Å²) in [5.74, 6) is -1.67. The molecule has 1 heterocycles. The van der Waals surface area contributed by atoms with Crippen LogP contribution in [0.4, 0.5) is 0 Å². The van der Waals surface area contributed by atoms with Crippen LogP contribution in [-0.2, 0) is 28.6 Å². The van der Waals surface area contributed by atoms with Crippen molar-refractivity contribution in [2.45, 2.75) is 58.0 Å². The van der Waals surface area contributed by atoms with E-state index in [1.807, 2.05) is 0 Å². The Morgan fingerprint density at radius 2 is 2.04 bits per heavy atom. The molecule has 1 N–H and O–H groups in total. The number of aliphatic hydroxyl groups is 1. The van der Waals surface area contributed by atoms with E-state index in [0.717, 1.165) is 0 Å². The van der Waals surface area contributed by atoms with Gasteiger partial charge in [-0.05, 0) is 26.3 Å². The van der Waals surface area contributed by atoms with E-state index in [1.54, 1.807) is 13.8 Å². The SMILES string of the molecule is C/C=C/C(=O)O[C@@H]1/C=C/[C@H](O)[C@@H](OC(C)=O)CCC(=O)O[C@@H]1C. The molecule has 7 nitrogen and oxygen atoms in total. The zero-order valence-electron chi connectivity index (χ0n) is 13.4. The number of hydrogen-bond acceptors (Lipinski definition) is 7. The van der Waals surface area contributed by atoms with E-state index in [4.69, 9.17) is 14.2 Å².